The highest BCUT2D eigenvalue weighted by Crippen LogP contribution is 2.31. The third-order valence-corrected chi connectivity index (χ3v) is 5.40. The molecule has 5 heteroatoms. The number of aromatic amines is 1. The molecule has 5 nitrogen and oxygen atoms in total. The summed E-state index contributed by atoms with van der Waals surface area (Å²) in [4.78, 5) is 22.5. The number of carbonyl (C=O) groups is 1. The first kappa shape index (κ1) is 20.6. The molecule has 1 aromatic carbocycles. The Labute approximate surface area is 172 Å². The highest BCUT2D eigenvalue weighted by atomic mass is 16.3. The van der Waals surface area contributed by atoms with E-state index >= 15 is 0 Å². The minimum Gasteiger partial charge on any atom is -0.507 e. The number of phenolic OH excluding ortho intramolecular Hbond substituents is 1. The molecule has 0 aliphatic heterocycles. The largest absolute Gasteiger partial charge is 0.507 e. The summed E-state index contributed by atoms with van der Waals surface area (Å²) in [6.07, 6.45) is 7.80. The summed E-state index contributed by atoms with van der Waals surface area (Å²) in [5.74, 6) is -0.128. The molecule has 0 aliphatic carbocycles. The summed E-state index contributed by atoms with van der Waals surface area (Å²) in [5, 5.41) is 11.4. The monoisotopic (exact) mass is 391 g/mol. The molecule has 0 saturated heterocycles. The molecule has 3 aromatic rings. The fourth-order valence-corrected chi connectivity index (χ4v) is 3.45. The number of pyridine rings is 1. The Balaban J connectivity index is 2.02. The molecule has 0 fully saturated rings. The van der Waals surface area contributed by atoms with Crippen LogP contribution in [0.2, 0.25) is 0 Å². The van der Waals surface area contributed by atoms with Crippen molar-refractivity contribution >= 4 is 22.5 Å². The van der Waals surface area contributed by atoms with E-state index in [0.717, 1.165) is 40.6 Å². The van der Waals surface area contributed by atoms with Gasteiger partial charge in [0.05, 0.1) is 5.56 Å². The van der Waals surface area contributed by atoms with Crippen molar-refractivity contribution in [2.24, 2.45) is 0 Å². The second kappa shape index (κ2) is 8.95. The molecule has 2 N–H and O–H groups in total. The van der Waals surface area contributed by atoms with Gasteiger partial charge in [0.1, 0.15) is 11.4 Å². The summed E-state index contributed by atoms with van der Waals surface area (Å²) < 4.78 is 0. The van der Waals surface area contributed by atoms with E-state index in [1.165, 1.54) is 5.57 Å². The normalized spacial score (nSPS) is 11.8. The second-order valence-corrected chi connectivity index (χ2v) is 7.26. The first-order valence-corrected chi connectivity index (χ1v) is 10.2. The average molecular weight is 392 g/mol. The van der Waals surface area contributed by atoms with Gasteiger partial charge in [-0.1, -0.05) is 25.5 Å². The van der Waals surface area contributed by atoms with Crippen molar-refractivity contribution < 1.29 is 9.90 Å². The molecular formula is C24H29N3O2. The van der Waals surface area contributed by atoms with E-state index in [9.17, 15) is 9.90 Å². The molecular weight excluding hydrogens is 362 g/mol. The Kier molecular flexibility index (Phi) is 6.37. The molecule has 0 spiro atoms. The van der Waals surface area contributed by atoms with E-state index in [1.807, 2.05) is 26.1 Å². The quantitative estimate of drug-likeness (QED) is 0.549. The molecule has 2 heterocycles. The van der Waals surface area contributed by atoms with Gasteiger partial charge in [-0.25, -0.2) is 4.98 Å². The number of rotatable bonds is 7. The van der Waals surface area contributed by atoms with Crippen LogP contribution in [0.1, 0.15) is 56.5 Å². The maximum atomic E-state index is 13.0. The van der Waals surface area contributed by atoms with Crippen LogP contribution >= 0.6 is 0 Å². The van der Waals surface area contributed by atoms with Crippen LogP contribution in [0.3, 0.4) is 0 Å². The number of amides is 1. The Bertz CT molecular complexity index is 1050. The summed E-state index contributed by atoms with van der Waals surface area (Å²) >= 11 is 0. The van der Waals surface area contributed by atoms with Gasteiger partial charge in [0.15, 0.2) is 0 Å². The van der Waals surface area contributed by atoms with Crippen LogP contribution in [-0.4, -0.2) is 39.0 Å². The predicted octanol–water partition coefficient (Wildman–Crippen LogP) is 5.62. The van der Waals surface area contributed by atoms with E-state index in [-0.39, 0.29) is 11.7 Å². The zero-order chi connectivity index (χ0) is 21.0. The summed E-state index contributed by atoms with van der Waals surface area (Å²) in [6.45, 7) is 9.46. The molecule has 152 valence electrons. The zero-order valence-corrected chi connectivity index (χ0v) is 17.6. The molecule has 0 radical (unpaired) electrons. The summed E-state index contributed by atoms with van der Waals surface area (Å²) in [7, 11) is 0. The SMILES string of the molecule is C/C=C(\C)c1c[nH]c2ncc(-c3ccc(O)c(C(=O)N(CC)CCCC)c3)cc12. The lowest BCUT2D eigenvalue weighted by Crippen LogP contribution is -2.31. The fraction of sp³-hybridized carbons (Fsp3) is 0.333. The van der Waals surface area contributed by atoms with Gasteiger partial charge in [0.25, 0.3) is 5.91 Å². The number of fused-ring (bicyclic) bond motifs is 1. The van der Waals surface area contributed by atoms with E-state index in [1.54, 1.807) is 23.2 Å². The number of H-pyrrole nitrogens is 1. The number of phenols is 1. The number of aromatic hydroxyl groups is 1. The van der Waals surface area contributed by atoms with Crippen molar-refractivity contribution in [1.82, 2.24) is 14.9 Å². The van der Waals surface area contributed by atoms with Crippen LogP contribution in [0.25, 0.3) is 27.7 Å². The molecule has 3 rings (SSSR count). The van der Waals surface area contributed by atoms with Gasteiger partial charge in [-0.3, -0.25) is 4.79 Å². The van der Waals surface area contributed by atoms with Crippen LogP contribution in [0, 0.1) is 0 Å². The van der Waals surface area contributed by atoms with E-state index in [2.05, 4.69) is 36.0 Å². The van der Waals surface area contributed by atoms with Gasteiger partial charge < -0.3 is 15.0 Å². The molecule has 0 saturated carbocycles. The minimum absolute atomic E-state index is 0.00910. The number of carbonyl (C=O) groups excluding carboxylic acids is 1. The second-order valence-electron chi connectivity index (χ2n) is 7.26. The number of hydrogen-bond acceptors (Lipinski definition) is 3. The van der Waals surface area contributed by atoms with Crippen molar-refractivity contribution in [3.05, 3.63) is 53.9 Å². The van der Waals surface area contributed by atoms with Gasteiger partial charge >= 0.3 is 0 Å². The topological polar surface area (TPSA) is 69.2 Å². The van der Waals surface area contributed by atoms with E-state index in [4.69, 9.17) is 0 Å². The maximum Gasteiger partial charge on any atom is 0.257 e. The highest BCUT2D eigenvalue weighted by Gasteiger charge is 2.19. The minimum atomic E-state index is -0.138. The van der Waals surface area contributed by atoms with Crippen molar-refractivity contribution in [2.45, 2.75) is 40.5 Å². The molecule has 1 amide bonds. The molecule has 0 bridgehead atoms. The molecule has 2 aromatic heterocycles. The van der Waals surface area contributed by atoms with Crippen molar-refractivity contribution in [1.29, 1.82) is 0 Å². The molecule has 0 aliphatic rings. The van der Waals surface area contributed by atoms with Gasteiger partial charge in [0, 0.05) is 42.0 Å². The lowest BCUT2D eigenvalue weighted by atomic mass is 10.0. The van der Waals surface area contributed by atoms with Crippen molar-refractivity contribution in [2.75, 3.05) is 13.1 Å². The Morgan fingerprint density at radius 3 is 2.69 bits per heavy atom. The Morgan fingerprint density at radius 2 is 2.00 bits per heavy atom. The lowest BCUT2D eigenvalue weighted by Gasteiger charge is -2.21. The average Bonchev–Trinajstić information content (AvgIpc) is 3.17. The number of benzene rings is 1. The lowest BCUT2D eigenvalue weighted by molar-refractivity contribution is 0.0759. The molecule has 0 unspecified atom stereocenters. The zero-order valence-electron chi connectivity index (χ0n) is 17.6. The third-order valence-electron chi connectivity index (χ3n) is 5.40. The summed E-state index contributed by atoms with van der Waals surface area (Å²) in [5.41, 5.74) is 5.22. The number of hydrogen-bond donors (Lipinski definition) is 2. The Morgan fingerprint density at radius 1 is 1.21 bits per heavy atom. The fourth-order valence-electron chi connectivity index (χ4n) is 3.45. The third kappa shape index (κ3) is 4.19. The molecule has 29 heavy (non-hydrogen) atoms. The van der Waals surface area contributed by atoms with Crippen LogP contribution in [0.4, 0.5) is 0 Å². The number of nitrogens with zero attached hydrogens (tertiary/aromatic N) is 2. The maximum absolute atomic E-state index is 13.0. The van der Waals surface area contributed by atoms with Crippen molar-refractivity contribution in [3.63, 3.8) is 0 Å². The number of aromatic nitrogens is 2. The number of unbranched alkanes of at least 4 members (excludes halogenated alkanes) is 1. The molecule has 0 atom stereocenters. The number of allylic oxidation sites excluding steroid dienone is 2. The standard InChI is InChI=1S/C24H29N3O2/c1-5-8-11-27(7-3)24(29)20-12-17(9-10-22(20)28)18-13-19-21(16(4)6-2)15-26-23(19)25-14-18/h6,9-10,12-15,28H,5,7-8,11H2,1-4H3,(H,25,26)/b16-6+. The first-order chi connectivity index (χ1) is 14.0. The smallest absolute Gasteiger partial charge is 0.257 e. The van der Waals surface area contributed by atoms with Gasteiger partial charge in [0.2, 0.25) is 0 Å². The van der Waals surface area contributed by atoms with Gasteiger partial charge in [-0.2, -0.15) is 0 Å². The van der Waals surface area contributed by atoms with Crippen LogP contribution in [-0.2, 0) is 0 Å². The highest BCUT2D eigenvalue weighted by molar-refractivity contribution is 5.99. The van der Waals surface area contributed by atoms with E-state index in [0.29, 0.717) is 18.7 Å². The van der Waals surface area contributed by atoms with Gasteiger partial charge in [-0.15, -0.1) is 0 Å². The first-order valence-electron chi connectivity index (χ1n) is 10.2. The van der Waals surface area contributed by atoms with Crippen LogP contribution < -0.4 is 0 Å². The van der Waals surface area contributed by atoms with Crippen molar-refractivity contribution in [3.8, 4) is 16.9 Å². The van der Waals surface area contributed by atoms with Gasteiger partial charge in [-0.05, 0) is 56.5 Å². The summed E-state index contributed by atoms with van der Waals surface area (Å²) in [6, 6.07) is 7.27. The predicted molar refractivity (Wildman–Crippen MR) is 119 cm³/mol. The Hall–Kier alpha value is -3.08. The number of nitrogens with one attached hydrogen (secondary N) is 1. The van der Waals surface area contributed by atoms with E-state index < -0.39 is 0 Å². The van der Waals surface area contributed by atoms with Crippen LogP contribution in [0.5, 0.6) is 5.75 Å². The van der Waals surface area contributed by atoms with Crippen LogP contribution in [0.15, 0.2) is 42.7 Å².